The summed E-state index contributed by atoms with van der Waals surface area (Å²) in [4.78, 5) is 12.2. The Morgan fingerprint density at radius 1 is 1.30 bits per heavy atom. The Morgan fingerprint density at radius 3 is 2.74 bits per heavy atom. The van der Waals surface area contributed by atoms with Gasteiger partial charge in [0.2, 0.25) is 0 Å². The molecule has 0 bridgehead atoms. The number of rotatable bonds is 6. The molecule has 6 heteroatoms. The van der Waals surface area contributed by atoms with Crippen LogP contribution in [0, 0.1) is 11.3 Å². The summed E-state index contributed by atoms with van der Waals surface area (Å²) in [6.07, 6.45) is 1.58. The van der Waals surface area contributed by atoms with Crippen molar-refractivity contribution in [1.29, 1.82) is 5.26 Å². The maximum Gasteiger partial charge on any atom is 0.280 e. The molecule has 0 aliphatic carbocycles. The highest BCUT2D eigenvalue weighted by atomic mass is 16.5. The third-order valence-electron chi connectivity index (χ3n) is 4.07. The number of fused-ring (bicyclic) bond motifs is 1. The van der Waals surface area contributed by atoms with Gasteiger partial charge >= 0.3 is 0 Å². The molecule has 0 aliphatic rings. The number of carbonyl (C=O) groups excluding carboxylic acids is 1. The van der Waals surface area contributed by atoms with Crippen molar-refractivity contribution in [2.45, 2.75) is 26.4 Å². The number of para-hydroxylation sites is 1. The second-order valence-corrected chi connectivity index (χ2v) is 5.92. The highest BCUT2D eigenvalue weighted by Gasteiger charge is 2.15. The SMILES string of the molecule is CCc1oc2ccccc2c1/C=N\NC(=O)[C@H](C)Oc1ccc(C#N)cc1. The lowest BCUT2D eigenvalue weighted by molar-refractivity contribution is -0.127. The third-order valence-corrected chi connectivity index (χ3v) is 4.07. The average Bonchev–Trinajstić information content (AvgIpc) is 3.06. The van der Waals surface area contributed by atoms with Crippen molar-refractivity contribution in [3.05, 3.63) is 65.4 Å². The Bertz CT molecular complexity index is 1010. The van der Waals surface area contributed by atoms with Crippen LogP contribution in [-0.2, 0) is 11.2 Å². The van der Waals surface area contributed by atoms with E-state index in [0.717, 1.165) is 28.7 Å². The molecule has 0 saturated carbocycles. The summed E-state index contributed by atoms with van der Waals surface area (Å²) in [6, 6.07) is 16.3. The quantitative estimate of drug-likeness (QED) is 0.534. The Balaban J connectivity index is 1.65. The normalized spacial score (nSPS) is 12.0. The van der Waals surface area contributed by atoms with E-state index in [9.17, 15) is 4.79 Å². The number of hydrogen-bond acceptors (Lipinski definition) is 5. The number of nitrogens with zero attached hydrogens (tertiary/aromatic N) is 2. The van der Waals surface area contributed by atoms with Crippen LogP contribution in [0.4, 0.5) is 0 Å². The minimum absolute atomic E-state index is 0.374. The van der Waals surface area contributed by atoms with Crippen LogP contribution in [0.3, 0.4) is 0 Å². The number of furan rings is 1. The number of hydrazone groups is 1. The van der Waals surface area contributed by atoms with Gasteiger partial charge in [-0.25, -0.2) is 5.43 Å². The van der Waals surface area contributed by atoms with Crippen LogP contribution in [0.5, 0.6) is 5.75 Å². The molecule has 3 aromatic rings. The molecule has 6 nitrogen and oxygen atoms in total. The Morgan fingerprint density at radius 2 is 2.04 bits per heavy atom. The van der Waals surface area contributed by atoms with Gasteiger partial charge < -0.3 is 9.15 Å². The first-order chi connectivity index (χ1) is 13.1. The van der Waals surface area contributed by atoms with Gasteiger partial charge in [0.05, 0.1) is 17.8 Å². The summed E-state index contributed by atoms with van der Waals surface area (Å²) in [5.74, 6) is 0.951. The molecule has 1 amide bonds. The number of ether oxygens (including phenoxy) is 1. The van der Waals surface area contributed by atoms with Gasteiger partial charge in [0, 0.05) is 17.4 Å². The molecule has 0 spiro atoms. The molecular formula is C21H19N3O3. The Kier molecular flexibility index (Phi) is 5.53. The summed E-state index contributed by atoms with van der Waals surface area (Å²) in [7, 11) is 0. The van der Waals surface area contributed by atoms with Gasteiger partial charge in [-0.15, -0.1) is 0 Å². The average molecular weight is 361 g/mol. The second-order valence-electron chi connectivity index (χ2n) is 5.92. The van der Waals surface area contributed by atoms with E-state index in [1.165, 1.54) is 0 Å². The number of nitriles is 1. The Hall–Kier alpha value is -3.59. The number of carbonyl (C=O) groups is 1. The first-order valence-electron chi connectivity index (χ1n) is 8.62. The van der Waals surface area contributed by atoms with Crippen molar-refractivity contribution in [2.75, 3.05) is 0 Å². The molecular weight excluding hydrogens is 342 g/mol. The molecule has 0 unspecified atom stereocenters. The van der Waals surface area contributed by atoms with Crippen molar-refractivity contribution < 1.29 is 13.9 Å². The lowest BCUT2D eigenvalue weighted by atomic mass is 10.1. The van der Waals surface area contributed by atoms with Gasteiger partial charge in [0.1, 0.15) is 17.1 Å². The van der Waals surface area contributed by atoms with Crippen LogP contribution in [0.15, 0.2) is 58.0 Å². The molecule has 1 aromatic heterocycles. The number of nitrogens with one attached hydrogen (secondary N) is 1. The van der Waals surface area contributed by atoms with Gasteiger partial charge in [0.15, 0.2) is 6.10 Å². The molecule has 1 atom stereocenters. The van der Waals surface area contributed by atoms with Crippen molar-refractivity contribution in [3.63, 3.8) is 0 Å². The predicted molar refractivity (Wildman–Crippen MR) is 103 cm³/mol. The number of amides is 1. The molecule has 2 aromatic carbocycles. The fourth-order valence-corrected chi connectivity index (χ4v) is 2.64. The fourth-order valence-electron chi connectivity index (χ4n) is 2.64. The molecule has 3 rings (SSSR count). The molecule has 0 saturated heterocycles. The van der Waals surface area contributed by atoms with E-state index in [1.54, 1.807) is 37.4 Å². The molecule has 27 heavy (non-hydrogen) atoms. The first-order valence-corrected chi connectivity index (χ1v) is 8.62. The maximum absolute atomic E-state index is 12.2. The summed E-state index contributed by atoms with van der Waals surface area (Å²) in [5, 5.41) is 13.8. The van der Waals surface area contributed by atoms with E-state index in [-0.39, 0.29) is 5.91 Å². The van der Waals surface area contributed by atoms with Crippen molar-refractivity contribution in [1.82, 2.24) is 5.43 Å². The zero-order valence-electron chi connectivity index (χ0n) is 15.1. The molecule has 1 heterocycles. The van der Waals surface area contributed by atoms with Crippen LogP contribution in [0.25, 0.3) is 11.0 Å². The van der Waals surface area contributed by atoms with E-state index < -0.39 is 6.10 Å². The van der Waals surface area contributed by atoms with E-state index in [0.29, 0.717) is 11.3 Å². The van der Waals surface area contributed by atoms with Crippen LogP contribution in [0.2, 0.25) is 0 Å². The predicted octanol–water partition coefficient (Wildman–Crippen LogP) is 3.78. The zero-order chi connectivity index (χ0) is 19.2. The van der Waals surface area contributed by atoms with Crippen LogP contribution in [0.1, 0.15) is 30.7 Å². The smallest absolute Gasteiger partial charge is 0.280 e. The molecule has 0 fully saturated rings. The van der Waals surface area contributed by atoms with Gasteiger partial charge in [-0.2, -0.15) is 10.4 Å². The summed E-state index contributed by atoms with van der Waals surface area (Å²) < 4.78 is 11.4. The van der Waals surface area contributed by atoms with Crippen LogP contribution < -0.4 is 10.2 Å². The summed E-state index contributed by atoms with van der Waals surface area (Å²) in [5.41, 5.74) is 4.67. The minimum Gasteiger partial charge on any atom is -0.481 e. The third kappa shape index (κ3) is 4.15. The molecule has 136 valence electrons. The van der Waals surface area contributed by atoms with E-state index in [4.69, 9.17) is 14.4 Å². The van der Waals surface area contributed by atoms with Crippen LogP contribution in [-0.4, -0.2) is 18.2 Å². The van der Waals surface area contributed by atoms with Crippen molar-refractivity contribution in [2.24, 2.45) is 5.10 Å². The van der Waals surface area contributed by atoms with Gasteiger partial charge in [-0.05, 0) is 37.3 Å². The van der Waals surface area contributed by atoms with E-state index in [2.05, 4.69) is 10.5 Å². The van der Waals surface area contributed by atoms with Crippen LogP contribution >= 0.6 is 0 Å². The molecule has 1 N–H and O–H groups in total. The summed E-state index contributed by atoms with van der Waals surface area (Å²) in [6.45, 7) is 3.63. The van der Waals surface area contributed by atoms with Gasteiger partial charge in [0.25, 0.3) is 5.91 Å². The lowest BCUT2D eigenvalue weighted by Gasteiger charge is -2.12. The standard InChI is InChI=1S/C21H19N3O3/c1-3-19-18(17-6-4-5-7-20(17)27-19)13-23-24-21(25)14(2)26-16-10-8-15(12-22)9-11-16/h4-11,13-14H,3H2,1-2H3,(H,24,25)/b23-13-/t14-/m0/s1. The first kappa shape index (κ1) is 18.2. The minimum atomic E-state index is -0.734. The second kappa shape index (κ2) is 8.19. The van der Waals surface area contributed by atoms with Gasteiger partial charge in [-0.3, -0.25) is 4.79 Å². The van der Waals surface area contributed by atoms with Crippen molar-refractivity contribution in [3.8, 4) is 11.8 Å². The number of hydrogen-bond donors (Lipinski definition) is 1. The monoisotopic (exact) mass is 361 g/mol. The topological polar surface area (TPSA) is 87.6 Å². The molecule has 0 aliphatic heterocycles. The lowest BCUT2D eigenvalue weighted by Crippen LogP contribution is -2.33. The molecule has 0 radical (unpaired) electrons. The number of aryl methyl sites for hydroxylation is 1. The highest BCUT2D eigenvalue weighted by Crippen LogP contribution is 2.24. The maximum atomic E-state index is 12.2. The van der Waals surface area contributed by atoms with Crippen molar-refractivity contribution >= 4 is 23.1 Å². The fraction of sp³-hybridized carbons (Fsp3) is 0.190. The Labute approximate surface area is 157 Å². The summed E-state index contributed by atoms with van der Waals surface area (Å²) >= 11 is 0. The highest BCUT2D eigenvalue weighted by molar-refractivity contribution is 5.99. The largest absolute Gasteiger partial charge is 0.481 e. The van der Waals surface area contributed by atoms with E-state index in [1.807, 2.05) is 37.3 Å². The van der Waals surface area contributed by atoms with E-state index >= 15 is 0 Å². The number of benzene rings is 2. The van der Waals surface area contributed by atoms with Gasteiger partial charge in [-0.1, -0.05) is 25.1 Å². The zero-order valence-corrected chi connectivity index (χ0v) is 15.1.